The fraction of sp³-hybridized carbons (Fsp3) is 0.300. The van der Waals surface area contributed by atoms with Crippen molar-refractivity contribution in [2.45, 2.75) is 20.0 Å². The molecule has 0 fully saturated rings. The van der Waals surface area contributed by atoms with Gasteiger partial charge in [-0.3, -0.25) is 4.79 Å². The van der Waals surface area contributed by atoms with Crippen LogP contribution in [0, 0.1) is 12.7 Å². The molecule has 0 aromatic heterocycles. The maximum atomic E-state index is 13.3. The zero-order valence-electron chi connectivity index (χ0n) is 8.58. The second kappa shape index (κ2) is 4.16. The molecule has 0 spiro atoms. The van der Waals surface area contributed by atoms with Gasteiger partial charge in [-0.25, -0.2) is 4.39 Å². The minimum atomic E-state index is -0.873. The maximum absolute atomic E-state index is 13.3. The van der Waals surface area contributed by atoms with Gasteiger partial charge in [0.25, 0.3) is 5.91 Å². The van der Waals surface area contributed by atoms with E-state index in [0.29, 0.717) is 11.3 Å². The molecule has 1 unspecified atom stereocenters. The van der Waals surface area contributed by atoms with Crippen molar-refractivity contribution in [3.05, 3.63) is 23.5 Å². The zero-order chi connectivity index (χ0) is 11.6. The van der Waals surface area contributed by atoms with Gasteiger partial charge < -0.3 is 16.2 Å². The smallest absolute Gasteiger partial charge is 0.258 e. The molecule has 0 aliphatic carbocycles. The van der Waals surface area contributed by atoms with Crippen molar-refractivity contribution >= 4 is 11.6 Å². The highest BCUT2D eigenvalue weighted by Crippen LogP contribution is 2.24. The molecule has 0 aliphatic rings. The molecule has 0 saturated heterocycles. The SMILES string of the molecule is Cc1cc(OC(C)C(N)=O)c(F)cc1N. The number of aryl methyl sites for hydroxylation is 1. The molecule has 1 aromatic rings. The van der Waals surface area contributed by atoms with Crippen molar-refractivity contribution < 1.29 is 13.9 Å². The number of carbonyl (C=O) groups is 1. The molecule has 0 bridgehead atoms. The number of nitrogens with two attached hydrogens (primary N) is 2. The Morgan fingerprint density at radius 2 is 2.13 bits per heavy atom. The molecule has 82 valence electrons. The number of primary amides is 1. The number of carbonyl (C=O) groups excluding carboxylic acids is 1. The van der Waals surface area contributed by atoms with Crippen LogP contribution in [0.25, 0.3) is 0 Å². The highest BCUT2D eigenvalue weighted by Gasteiger charge is 2.14. The third kappa shape index (κ3) is 2.59. The van der Waals surface area contributed by atoms with Crippen LogP contribution in [0.1, 0.15) is 12.5 Å². The lowest BCUT2D eigenvalue weighted by atomic mass is 10.2. The average molecular weight is 212 g/mol. The van der Waals surface area contributed by atoms with E-state index in [1.807, 2.05) is 0 Å². The van der Waals surface area contributed by atoms with Gasteiger partial charge in [0.05, 0.1) is 0 Å². The number of anilines is 1. The van der Waals surface area contributed by atoms with E-state index in [0.717, 1.165) is 6.07 Å². The van der Waals surface area contributed by atoms with Gasteiger partial charge in [0.2, 0.25) is 0 Å². The molecular weight excluding hydrogens is 199 g/mol. The first-order chi connectivity index (χ1) is 6.91. The summed E-state index contributed by atoms with van der Waals surface area (Å²) in [6, 6.07) is 2.59. The number of benzene rings is 1. The van der Waals surface area contributed by atoms with Gasteiger partial charge in [0.1, 0.15) is 0 Å². The van der Waals surface area contributed by atoms with Crippen LogP contribution in [0.4, 0.5) is 10.1 Å². The minimum absolute atomic E-state index is 0.0204. The Bertz CT molecular complexity index is 393. The first kappa shape index (κ1) is 11.3. The molecule has 1 rings (SSSR count). The zero-order valence-corrected chi connectivity index (χ0v) is 8.58. The quantitative estimate of drug-likeness (QED) is 0.733. The summed E-state index contributed by atoms with van der Waals surface area (Å²) < 4.78 is 18.3. The summed E-state index contributed by atoms with van der Waals surface area (Å²) >= 11 is 0. The molecule has 0 heterocycles. The Labute approximate surface area is 87.0 Å². The fourth-order valence-electron chi connectivity index (χ4n) is 1.01. The van der Waals surface area contributed by atoms with E-state index in [4.69, 9.17) is 16.2 Å². The summed E-state index contributed by atoms with van der Waals surface area (Å²) in [4.78, 5) is 10.7. The molecule has 5 heteroatoms. The average Bonchev–Trinajstić information content (AvgIpc) is 2.13. The van der Waals surface area contributed by atoms with Gasteiger partial charge in [-0.2, -0.15) is 0 Å². The van der Waals surface area contributed by atoms with Crippen LogP contribution in [0.2, 0.25) is 0 Å². The van der Waals surface area contributed by atoms with Crippen LogP contribution < -0.4 is 16.2 Å². The van der Waals surface area contributed by atoms with Gasteiger partial charge >= 0.3 is 0 Å². The first-order valence-corrected chi connectivity index (χ1v) is 4.43. The van der Waals surface area contributed by atoms with Gasteiger partial charge in [0, 0.05) is 11.8 Å². The third-order valence-electron chi connectivity index (χ3n) is 2.02. The molecule has 0 saturated carbocycles. The molecule has 4 N–H and O–H groups in total. The summed E-state index contributed by atoms with van der Waals surface area (Å²) in [7, 11) is 0. The molecule has 1 atom stereocenters. The number of ether oxygens (including phenoxy) is 1. The van der Waals surface area contributed by atoms with Gasteiger partial charge in [-0.05, 0) is 25.5 Å². The minimum Gasteiger partial charge on any atom is -0.478 e. The number of amides is 1. The Morgan fingerprint density at radius 3 is 2.67 bits per heavy atom. The molecule has 0 radical (unpaired) electrons. The third-order valence-corrected chi connectivity index (χ3v) is 2.02. The number of rotatable bonds is 3. The van der Waals surface area contributed by atoms with Crippen molar-refractivity contribution in [3.8, 4) is 5.75 Å². The monoisotopic (exact) mass is 212 g/mol. The summed E-state index contributed by atoms with van der Waals surface area (Å²) in [5.41, 5.74) is 11.5. The lowest BCUT2D eigenvalue weighted by molar-refractivity contribution is -0.124. The van der Waals surface area contributed by atoms with Crippen molar-refractivity contribution in [2.24, 2.45) is 5.73 Å². The molecule has 1 amide bonds. The van der Waals surface area contributed by atoms with Crippen LogP contribution in [-0.2, 0) is 4.79 Å². The highest BCUT2D eigenvalue weighted by atomic mass is 19.1. The van der Waals surface area contributed by atoms with E-state index < -0.39 is 17.8 Å². The summed E-state index contributed by atoms with van der Waals surface area (Å²) in [6.45, 7) is 3.17. The van der Waals surface area contributed by atoms with E-state index in [9.17, 15) is 9.18 Å². The number of hydrogen-bond acceptors (Lipinski definition) is 3. The van der Waals surface area contributed by atoms with Crippen LogP contribution in [-0.4, -0.2) is 12.0 Å². The summed E-state index contributed by atoms with van der Waals surface area (Å²) in [5.74, 6) is -1.27. The second-order valence-corrected chi connectivity index (χ2v) is 3.30. The summed E-state index contributed by atoms with van der Waals surface area (Å²) in [6.07, 6.45) is -0.873. The first-order valence-electron chi connectivity index (χ1n) is 4.43. The Hall–Kier alpha value is -1.78. The van der Waals surface area contributed by atoms with E-state index in [2.05, 4.69) is 0 Å². The van der Waals surface area contributed by atoms with Crippen LogP contribution in [0.3, 0.4) is 0 Å². The van der Waals surface area contributed by atoms with Crippen molar-refractivity contribution in [2.75, 3.05) is 5.73 Å². The molecule has 15 heavy (non-hydrogen) atoms. The molecule has 1 aromatic carbocycles. The Balaban J connectivity index is 2.95. The van der Waals surface area contributed by atoms with E-state index in [-0.39, 0.29) is 5.75 Å². The van der Waals surface area contributed by atoms with Crippen molar-refractivity contribution in [3.63, 3.8) is 0 Å². The lowest BCUT2D eigenvalue weighted by Crippen LogP contribution is -2.30. The lowest BCUT2D eigenvalue weighted by Gasteiger charge is -2.13. The van der Waals surface area contributed by atoms with E-state index in [1.165, 1.54) is 13.0 Å². The topological polar surface area (TPSA) is 78.3 Å². The number of hydrogen-bond donors (Lipinski definition) is 2. The molecular formula is C10H13FN2O2. The van der Waals surface area contributed by atoms with Crippen LogP contribution >= 0.6 is 0 Å². The largest absolute Gasteiger partial charge is 0.478 e. The van der Waals surface area contributed by atoms with Gasteiger partial charge in [0.15, 0.2) is 17.7 Å². The van der Waals surface area contributed by atoms with Crippen LogP contribution in [0.5, 0.6) is 5.75 Å². The Morgan fingerprint density at radius 1 is 1.53 bits per heavy atom. The summed E-state index contributed by atoms with van der Waals surface area (Å²) in [5, 5.41) is 0. The number of halogens is 1. The maximum Gasteiger partial charge on any atom is 0.258 e. The van der Waals surface area contributed by atoms with Gasteiger partial charge in [-0.15, -0.1) is 0 Å². The number of nitrogen functional groups attached to an aromatic ring is 1. The van der Waals surface area contributed by atoms with Crippen molar-refractivity contribution in [1.82, 2.24) is 0 Å². The second-order valence-electron chi connectivity index (χ2n) is 3.30. The molecule has 4 nitrogen and oxygen atoms in total. The predicted octanol–water partition coefficient (Wildman–Crippen LogP) is 0.969. The standard InChI is InChI=1S/C10H13FN2O2/c1-5-3-9(7(11)4-8(5)12)15-6(2)10(13)14/h3-4,6H,12H2,1-2H3,(H2,13,14). The van der Waals surface area contributed by atoms with Gasteiger partial charge in [-0.1, -0.05) is 0 Å². The van der Waals surface area contributed by atoms with E-state index in [1.54, 1.807) is 6.92 Å². The molecule has 0 aliphatic heterocycles. The van der Waals surface area contributed by atoms with E-state index >= 15 is 0 Å². The fourth-order valence-corrected chi connectivity index (χ4v) is 1.01. The predicted molar refractivity (Wildman–Crippen MR) is 54.8 cm³/mol. The normalized spacial score (nSPS) is 12.2. The van der Waals surface area contributed by atoms with Crippen molar-refractivity contribution in [1.29, 1.82) is 0 Å². The highest BCUT2D eigenvalue weighted by molar-refractivity contribution is 5.78. The Kier molecular flexibility index (Phi) is 3.14. The van der Waals surface area contributed by atoms with Crippen LogP contribution in [0.15, 0.2) is 12.1 Å².